The number of benzene rings is 1. The van der Waals surface area contributed by atoms with Crippen molar-refractivity contribution < 1.29 is 13.3 Å². The van der Waals surface area contributed by atoms with E-state index in [-0.39, 0.29) is 23.0 Å². The minimum absolute atomic E-state index is 0.0964. The van der Waals surface area contributed by atoms with E-state index in [4.69, 9.17) is 4.52 Å². The second kappa shape index (κ2) is 6.15. The first-order chi connectivity index (χ1) is 13.1. The molecule has 1 aliphatic heterocycles. The fourth-order valence-corrected chi connectivity index (χ4v) is 4.42. The minimum atomic E-state index is -2.62. The molecule has 1 saturated carbocycles. The number of aryl methyl sites for hydroxylation is 1. The third kappa shape index (κ3) is 2.69. The van der Waals surface area contributed by atoms with Gasteiger partial charge in [-0.3, -0.25) is 4.68 Å². The smallest absolute Gasteiger partial charge is 0.282 e. The highest BCUT2D eigenvalue weighted by atomic mass is 32.2. The number of hydrogen-bond donors (Lipinski definition) is 0. The van der Waals surface area contributed by atoms with Crippen LogP contribution in [0.25, 0.3) is 11.6 Å². The first-order valence-electron chi connectivity index (χ1n) is 8.94. The zero-order valence-electron chi connectivity index (χ0n) is 14.7. The standard InChI is InChI=1S/C19H18F2N4OS/c1-11-4-2-3-5-13(11)19(6-7-19)18-22-17(26-24-18)15-8-14(16(20)21)23-25(15)12-9-27-10-12/h2-5,8,12,16H,6-7,9-10H2,1H3. The number of nitrogens with zero attached hydrogens (tertiary/aromatic N) is 4. The average Bonchev–Trinajstić information content (AvgIpc) is 3.05. The molecule has 140 valence electrons. The van der Waals surface area contributed by atoms with Crippen LogP contribution >= 0.6 is 11.8 Å². The van der Waals surface area contributed by atoms with Crippen LogP contribution < -0.4 is 0 Å². The van der Waals surface area contributed by atoms with Gasteiger partial charge >= 0.3 is 0 Å². The first-order valence-corrected chi connectivity index (χ1v) is 10.1. The van der Waals surface area contributed by atoms with Gasteiger partial charge in [-0.25, -0.2) is 8.78 Å². The van der Waals surface area contributed by atoms with Crippen molar-refractivity contribution in [2.45, 2.75) is 37.6 Å². The molecule has 0 N–H and O–H groups in total. The predicted molar refractivity (Wildman–Crippen MR) is 98.0 cm³/mol. The summed E-state index contributed by atoms with van der Waals surface area (Å²) in [6.45, 7) is 2.08. The molecule has 3 aromatic rings. The van der Waals surface area contributed by atoms with Gasteiger partial charge in [0, 0.05) is 11.5 Å². The number of halogens is 2. The molecule has 5 nitrogen and oxygen atoms in total. The Hall–Kier alpha value is -2.22. The van der Waals surface area contributed by atoms with Crippen molar-refractivity contribution in [2.75, 3.05) is 11.5 Å². The Kier molecular flexibility index (Phi) is 3.86. The SMILES string of the molecule is Cc1ccccc1C1(c2noc(-c3cc(C(F)F)nn3C3CSC3)n2)CC1. The molecule has 8 heteroatoms. The summed E-state index contributed by atoms with van der Waals surface area (Å²) < 4.78 is 33.5. The Morgan fingerprint density at radius 2 is 2.04 bits per heavy atom. The number of rotatable bonds is 5. The number of aromatic nitrogens is 4. The van der Waals surface area contributed by atoms with Crippen LogP contribution in [-0.4, -0.2) is 31.4 Å². The molecule has 0 unspecified atom stereocenters. The first kappa shape index (κ1) is 16.9. The number of alkyl halides is 2. The largest absolute Gasteiger partial charge is 0.332 e. The van der Waals surface area contributed by atoms with E-state index in [9.17, 15) is 8.78 Å². The number of hydrogen-bond acceptors (Lipinski definition) is 5. The topological polar surface area (TPSA) is 56.7 Å². The van der Waals surface area contributed by atoms with Gasteiger partial charge in [0.15, 0.2) is 5.82 Å². The molecule has 3 heterocycles. The minimum Gasteiger partial charge on any atom is -0.332 e. The van der Waals surface area contributed by atoms with Gasteiger partial charge in [-0.05, 0) is 37.0 Å². The zero-order valence-corrected chi connectivity index (χ0v) is 15.5. The van der Waals surface area contributed by atoms with Crippen molar-refractivity contribution in [3.8, 4) is 11.6 Å². The van der Waals surface area contributed by atoms with E-state index in [0.717, 1.165) is 24.3 Å². The molecule has 2 aliphatic rings. The van der Waals surface area contributed by atoms with E-state index >= 15 is 0 Å². The molecule has 2 fully saturated rings. The molecule has 5 rings (SSSR count). The van der Waals surface area contributed by atoms with Crippen LogP contribution in [0.1, 0.15) is 48.0 Å². The summed E-state index contributed by atoms with van der Waals surface area (Å²) in [5.41, 5.74) is 2.40. The number of thioether (sulfide) groups is 1. The molecule has 1 aliphatic carbocycles. The van der Waals surface area contributed by atoms with Gasteiger partial charge in [0.25, 0.3) is 12.3 Å². The maximum Gasteiger partial charge on any atom is 0.282 e. The Labute approximate surface area is 159 Å². The molecule has 0 atom stereocenters. The lowest BCUT2D eigenvalue weighted by Crippen LogP contribution is -2.24. The molecular weight excluding hydrogens is 370 g/mol. The third-order valence-electron chi connectivity index (χ3n) is 5.43. The van der Waals surface area contributed by atoms with Crippen molar-refractivity contribution in [3.63, 3.8) is 0 Å². The molecule has 2 aromatic heterocycles. The van der Waals surface area contributed by atoms with Crippen LogP contribution in [0.15, 0.2) is 34.9 Å². The molecule has 0 radical (unpaired) electrons. The van der Waals surface area contributed by atoms with Crippen LogP contribution in [0.3, 0.4) is 0 Å². The summed E-state index contributed by atoms with van der Waals surface area (Å²) in [6.07, 6.45) is -0.711. The summed E-state index contributed by atoms with van der Waals surface area (Å²) in [5.74, 6) is 2.60. The van der Waals surface area contributed by atoms with Crippen molar-refractivity contribution in [1.82, 2.24) is 19.9 Å². The van der Waals surface area contributed by atoms with E-state index in [1.807, 2.05) is 12.1 Å². The fourth-order valence-electron chi connectivity index (χ4n) is 3.69. The lowest BCUT2D eigenvalue weighted by molar-refractivity contribution is 0.144. The fraction of sp³-hybridized carbons (Fsp3) is 0.421. The predicted octanol–water partition coefficient (Wildman–Crippen LogP) is 4.55. The van der Waals surface area contributed by atoms with Crippen molar-refractivity contribution in [1.29, 1.82) is 0 Å². The van der Waals surface area contributed by atoms with Gasteiger partial charge in [-0.2, -0.15) is 21.8 Å². The maximum atomic E-state index is 13.2. The van der Waals surface area contributed by atoms with Crippen molar-refractivity contribution in [2.24, 2.45) is 0 Å². The summed E-state index contributed by atoms with van der Waals surface area (Å²) in [6, 6.07) is 9.68. The van der Waals surface area contributed by atoms with Crippen LogP contribution in [0.4, 0.5) is 8.78 Å². The van der Waals surface area contributed by atoms with E-state index in [1.54, 1.807) is 16.4 Å². The second-order valence-electron chi connectivity index (χ2n) is 7.21. The molecule has 1 aromatic carbocycles. The van der Waals surface area contributed by atoms with E-state index in [1.165, 1.54) is 17.2 Å². The highest BCUT2D eigenvalue weighted by Gasteiger charge is 2.50. The van der Waals surface area contributed by atoms with Gasteiger partial charge in [0.2, 0.25) is 0 Å². The van der Waals surface area contributed by atoms with E-state index in [2.05, 4.69) is 34.3 Å². The van der Waals surface area contributed by atoms with Gasteiger partial charge in [-0.15, -0.1) is 0 Å². The third-order valence-corrected chi connectivity index (χ3v) is 6.67. The Balaban J connectivity index is 1.54. The van der Waals surface area contributed by atoms with E-state index < -0.39 is 6.43 Å². The molecule has 0 spiro atoms. The second-order valence-corrected chi connectivity index (χ2v) is 8.29. The quantitative estimate of drug-likeness (QED) is 0.642. The molecule has 0 bridgehead atoms. The molecule has 1 saturated heterocycles. The van der Waals surface area contributed by atoms with Gasteiger partial charge in [0.05, 0.1) is 11.5 Å². The Morgan fingerprint density at radius 1 is 1.26 bits per heavy atom. The summed E-state index contributed by atoms with van der Waals surface area (Å²) in [7, 11) is 0. The molecule has 0 amide bonds. The van der Waals surface area contributed by atoms with Crippen LogP contribution in [0.5, 0.6) is 0 Å². The van der Waals surface area contributed by atoms with Crippen LogP contribution in [0, 0.1) is 6.92 Å². The maximum absolute atomic E-state index is 13.2. The van der Waals surface area contributed by atoms with Crippen molar-refractivity contribution >= 4 is 11.8 Å². The average molecular weight is 388 g/mol. The monoisotopic (exact) mass is 388 g/mol. The molecular formula is C19H18F2N4OS. The zero-order chi connectivity index (χ0) is 18.6. The van der Waals surface area contributed by atoms with E-state index in [0.29, 0.717) is 11.5 Å². The van der Waals surface area contributed by atoms with Gasteiger partial charge < -0.3 is 4.52 Å². The summed E-state index contributed by atoms with van der Waals surface area (Å²) >= 11 is 1.76. The molecule has 27 heavy (non-hydrogen) atoms. The highest BCUT2D eigenvalue weighted by molar-refractivity contribution is 8.00. The van der Waals surface area contributed by atoms with Crippen LogP contribution in [0.2, 0.25) is 0 Å². The lowest BCUT2D eigenvalue weighted by Gasteiger charge is -2.26. The summed E-state index contributed by atoms with van der Waals surface area (Å²) in [5, 5.41) is 8.32. The van der Waals surface area contributed by atoms with Gasteiger partial charge in [0.1, 0.15) is 11.4 Å². The van der Waals surface area contributed by atoms with Crippen LogP contribution in [-0.2, 0) is 5.41 Å². The highest BCUT2D eigenvalue weighted by Crippen LogP contribution is 2.53. The lowest BCUT2D eigenvalue weighted by atomic mass is 9.91. The van der Waals surface area contributed by atoms with Gasteiger partial charge in [-0.1, -0.05) is 29.4 Å². The van der Waals surface area contributed by atoms with Crippen molar-refractivity contribution in [3.05, 3.63) is 53.0 Å². The normalized spacial score (nSPS) is 18.7. The summed E-state index contributed by atoms with van der Waals surface area (Å²) in [4.78, 5) is 4.62. The Morgan fingerprint density at radius 3 is 2.67 bits per heavy atom. The Bertz CT molecular complexity index is 991.